The summed E-state index contributed by atoms with van der Waals surface area (Å²) < 4.78 is 5.44. The topological polar surface area (TPSA) is 26.3 Å². The Morgan fingerprint density at radius 2 is 0.793 bits per heavy atom. The van der Waals surface area contributed by atoms with Crippen LogP contribution in [0.2, 0.25) is 0 Å². The Bertz CT molecular complexity index is 895. The van der Waals surface area contributed by atoms with Gasteiger partial charge in [-0.15, -0.1) is 0 Å². The average molecular weight is 417 g/mol. The minimum Gasteiger partial charge on any atom is -0.289 e. The second kappa shape index (κ2) is 11.9. The molecule has 0 fully saturated rings. The molecule has 144 valence electrons. The Hall–Kier alpha value is -2.79. The molecule has 0 heterocycles. The van der Waals surface area contributed by atoms with Gasteiger partial charge < -0.3 is 0 Å². The molecule has 0 bridgehead atoms. The minimum absolute atomic E-state index is 0.0752. The molecule has 4 rings (SSSR count). The fraction of sp³-hybridized carbons (Fsp3) is 0. The van der Waals surface area contributed by atoms with E-state index in [1.165, 1.54) is 24.1 Å². The van der Waals surface area contributed by atoms with Crippen LogP contribution in [0.15, 0.2) is 131 Å². The molecule has 4 aromatic rings. The summed E-state index contributed by atoms with van der Waals surface area (Å²) in [4.78, 5) is 14.1. The average Bonchev–Trinajstić information content (AvgIpc) is 2.82. The lowest BCUT2D eigenvalue weighted by atomic mass is 10.0. The molecule has 0 aliphatic heterocycles. The van der Waals surface area contributed by atoms with Gasteiger partial charge in [-0.05, 0) is 24.3 Å². The summed E-state index contributed by atoms with van der Waals surface area (Å²) >= 11 is 2.76. The van der Waals surface area contributed by atoms with Crippen LogP contribution in [0.4, 0.5) is 0 Å². The first-order valence-corrected chi connectivity index (χ1v) is 10.6. The lowest BCUT2D eigenvalue weighted by Gasteiger charge is -2.00. The second-order valence-electron chi connectivity index (χ2n) is 5.92. The third-order valence-electron chi connectivity index (χ3n) is 3.82. The summed E-state index contributed by atoms with van der Waals surface area (Å²) in [6.45, 7) is 0. The van der Waals surface area contributed by atoms with Crippen LogP contribution in [-0.2, 0) is 3.63 Å². The number of ketones is 1. The van der Waals surface area contributed by atoms with Crippen LogP contribution in [0, 0.1) is 0 Å². The van der Waals surface area contributed by atoms with Gasteiger partial charge in [0, 0.05) is 45.0 Å². The van der Waals surface area contributed by atoms with E-state index in [4.69, 9.17) is 3.63 Å². The molecule has 29 heavy (non-hydrogen) atoms. The van der Waals surface area contributed by atoms with E-state index in [0.29, 0.717) is 0 Å². The van der Waals surface area contributed by atoms with Gasteiger partial charge in [-0.1, -0.05) is 97.1 Å². The van der Waals surface area contributed by atoms with Crippen molar-refractivity contribution in [1.29, 1.82) is 0 Å². The van der Waals surface area contributed by atoms with Crippen molar-refractivity contribution in [2.24, 2.45) is 0 Å². The van der Waals surface area contributed by atoms with Crippen LogP contribution in [0.3, 0.4) is 0 Å². The SMILES string of the molecule is O=C(c1ccccc1)c1ccccc1.c1ccc(SOSc2ccccc2)cc1. The van der Waals surface area contributed by atoms with Gasteiger partial charge in [0.25, 0.3) is 0 Å². The number of benzene rings is 4. The summed E-state index contributed by atoms with van der Waals surface area (Å²) in [6.07, 6.45) is 0. The molecule has 0 atom stereocenters. The number of hydrogen-bond donors (Lipinski definition) is 0. The van der Waals surface area contributed by atoms with E-state index in [1.807, 2.05) is 121 Å². The van der Waals surface area contributed by atoms with Crippen molar-refractivity contribution in [3.8, 4) is 0 Å². The summed E-state index contributed by atoms with van der Waals surface area (Å²) in [5.41, 5.74) is 1.47. The summed E-state index contributed by atoms with van der Waals surface area (Å²) in [5.74, 6) is 0.0752. The molecular formula is C25H20O2S2. The predicted molar refractivity (Wildman–Crippen MR) is 122 cm³/mol. The standard InChI is InChI=1S/C13H10O.C12H10OS2/c14-13(11-7-3-1-4-8-11)12-9-5-2-6-10-12;1-3-7-11(8-4-1)14-13-15-12-9-5-2-6-10-12/h1-10H;1-10H. The molecule has 0 saturated carbocycles. The first-order chi connectivity index (χ1) is 14.3. The molecule has 0 amide bonds. The van der Waals surface area contributed by atoms with E-state index < -0.39 is 0 Å². The Morgan fingerprint density at radius 1 is 0.483 bits per heavy atom. The highest BCUT2D eigenvalue weighted by atomic mass is 32.2. The third kappa shape index (κ3) is 7.27. The monoisotopic (exact) mass is 416 g/mol. The molecule has 0 aromatic heterocycles. The molecule has 4 heteroatoms. The maximum Gasteiger partial charge on any atom is 0.193 e. The highest BCUT2D eigenvalue weighted by molar-refractivity contribution is 8.07. The Kier molecular flexibility index (Phi) is 8.60. The first kappa shape index (κ1) is 20.9. The molecule has 0 spiro atoms. The maximum atomic E-state index is 11.8. The van der Waals surface area contributed by atoms with Crippen molar-refractivity contribution < 1.29 is 8.42 Å². The maximum absolute atomic E-state index is 11.8. The number of hydrogen-bond acceptors (Lipinski definition) is 4. The molecular weight excluding hydrogens is 396 g/mol. The normalized spacial score (nSPS) is 9.93. The zero-order valence-electron chi connectivity index (χ0n) is 15.7. The minimum atomic E-state index is 0.0752. The lowest BCUT2D eigenvalue weighted by molar-refractivity contribution is 0.103. The van der Waals surface area contributed by atoms with Gasteiger partial charge in [-0.2, -0.15) is 0 Å². The van der Waals surface area contributed by atoms with E-state index >= 15 is 0 Å². The zero-order valence-corrected chi connectivity index (χ0v) is 17.3. The van der Waals surface area contributed by atoms with Gasteiger partial charge in [0.05, 0.1) is 0 Å². The smallest absolute Gasteiger partial charge is 0.193 e. The fourth-order valence-corrected chi connectivity index (χ4v) is 3.69. The molecule has 0 unspecified atom stereocenters. The van der Waals surface area contributed by atoms with Gasteiger partial charge in [-0.3, -0.25) is 4.79 Å². The van der Waals surface area contributed by atoms with Crippen LogP contribution in [-0.4, -0.2) is 5.78 Å². The van der Waals surface area contributed by atoms with Crippen molar-refractivity contribution >= 4 is 29.9 Å². The number of carbonyl (C=O) groups is 1. The van der Waals surface area contributed by atoms with Gasteiger partial charge >= 0.3 is 0 Å². The number of rotatable bonds is 6. The van der Waals surface area contributed by atoms with Crippen molar-refractivity contribution in [2.45, 2.75) is 9.79 Å². The van der Waals surface area contributed by atoms with Crippen LogP contribution >= 0.6 is 24.1 Å². The van der Waals surface area contributed by atoms with Crippen molar-refractivity contribution in [3.63, 3.8) is 0 Å². The molecule has 4 aromatic carbocycles. The largest absolute Gasteiger partial charge is 0.289 e. The van der Waals surface area contributed by atoms with E-state index in [9.17, 15) is 4.79 Å². The third-order valence-corrected chi connectivity index (χ3v) is 5.29. The van der Waals surface area contributed by atoms with Crippen LogP contribution in [0.25, 0.3) is 0 Å². The summed E-state index contributed by atoms with van der Waals surface area (Å²) in [7, 11) is 0. The molecule has 0 N–H and O–H groups in total. The van der Waals surface area contributed by atoms with E-state index in [-0.39, 0.29) is 5.78 Å². The molecule has 0 saturated heterocycles. The summed E-state index contributed by atoms with van der Waals surface area (Å²) in [6, 6.07) is 38.7. The molecule has 2 nitrogen and oxygen atoms in total. The highest BCUT2D eigenvalue weighted by Gasteiger charge is 2.06. The molecule has 0 radical (unpaired) electrons. The number of carbonyl (C=O) groups excluding carboxylic acids is 1. The van der Waals surface area contributed by atoms with Gasteiger partial charge in [0.15, 0.2) is 5.78 Å². The van der Waals surface area contributed by atoms with Gasteiger partial charge in [-0.25, -0.2) is 3.63 Å². The second-order valence-corrected chi connectivity index (χ2v) is 7.74. The molecule has 0 aliphatic rings. The Labute approximate surface area is 180 Å². The van der Waals surface area contributed by atoms with E-state index in [2.05, 4.69) is 0 Å². The highest BCUT2D eigenvalue weighted by Crippen LogP contribution is 2.28. The fourth-order valence-electron chi connectivity index (χ4n) is 2.39. The van der Waals surface area contributed by atoms with Crippen LogP contribution in [0.5, 0.6) is 0 Å². The van der Waals surface area contributed by atoms with Crippen LogP contribution < -0.4 is 0 Å². The lowest BCUT2D eigenvalue weighted by Crippen LogP contribution is -1.99. The first-order valence-electron chi connectivity index (χ1n) is 9.09. The Morgan fingerprint density at radius 3 is 1.14 bits per heavy atom. The molecule has 0 aliphatic carbocycles. The Balaban J connectivity index is 0.000000166. The van der Waals surface area contributed by atoms with Crippen molar-refractivity contribution in [2.75, 3.05) is 0 Å². The van der Waals surface area contributed by atoms with Crippen LogP contribution in [0.1, 0.15) is 15.9 Å². The predicted octanol–water partition coefficient (Wildman–Crippen LogP) is 7.34. The van der Waals surface area contributed by atoms with E-state index in [0.717, 1.165) is 20.9 Å². The summed E-state index contributed by atoms with van der Waals surface area (Å²) in [5, 5.41) is 0. The van der Waals surface area contributed by atoms with Crippen molar-refractivity contribution in [1.82, 2.24) is 0 Å². The van der Waals surface area contributed by atoms with Crippen molar-refractivity contribution in [3.05, 3.63) is 132 Å². The quantitative estimate of drug-likeness (QED) is 0.243. The van der Waals surface area contributed by atoms with Gasteiger partial charge in [0.2, 0.25) is 0 Å². The van der Waals surface area contributed by atoms with Gasteiger partial charge in [0.1, 0.15) is 0 Å². The van der Waals surface area contributed by atoms with E-state index in [1.54, 1.807) is 0 Å². The zero-order chi connectivity index (χ0) is 20.2.